The van der Waals surface area contributed by atoms with Gasteiger partial charge in [-0.05, 0) is 31.5 Å². The molecule has 1 aromatic rings. The maximum absolute atomic E-state index is 5.46. The molecule has 0 aromatic heterocycles. The lowest BCUT2D eigenvalue weighted by Gasteiger charge is -2.30. The molecular weight excluding hydrogens is 240 g/mol. The van der Waals surface area contributed by atoms with Gasteiger partial charge in [0.15, 0.2) is 0 Å². The van der Waals surface area contributed by atoms with Crippen LogP contribution in [0.2, 0.25) is 0 Å². The first-order valence-electron chi connectivity index (χ1n) is 6.91. The quantitative estimate of drug-likeness (QED) is 0.884. The van der Waals surface area contributed by atoms with Crippen LogP contribution in [0.1, 0.15) is 19.3 Å². The van der Waals surface area contributed by atoms with Crippen molar-refractivity contribution in [1.29, 1.82) is 0 Å². The fraction of sp³-hybridized carbons (Fsp3) is 0.600. The maximum Gasteiger partial charge on any atom is 0.145 e. The fourth-order valence-corrected chi connectivity index (χ4v) is 2.61. The van der Waals surface area contributed by atoms with Crippen molar-refractivity contribution >= 4 is 5.69 Å². The molecule has 4 nitrogen and oxygen atoms in total. The summed E-state index contributed by atoms with van der Waals surface area (Å²) in [5.41, 5.74) is 1.11. The van der Waals surface area contributed by atoms with Gasteiger partial charge in [0.05, 0.1) is 19.9 Å². The predicted molar refractivity (Wildman–Crippen MR) is 78.5 cm³/mol. The first-order valence-corrected chi connectivity index (χ1v) is 6.91. The van der Waals surface area contributed by atoms with Crippen molar-refractivity contribution < 1.29 is 9.47 Å². The Hall–Kier alpha value is -1.42. The van der Waals surface area contributed by atoms with Crippen LogP contribution in [0.25, 0.3) is 0 Å². The number of anilines is 1. The van der Waals surface area contributed by atoms with E-state index >= 15 is 0 Å². The molecule has 1 aliphatic rings. The molecule has 0 radical (unpaired) electrons. The number of likely N-dealkylation sites (N-methyl/N-ethyl adjacent to an activating group) is 1. The molecule has 2 rings (SSSR count). The average molecular weight is 264 g/mol. The maximum atomic E-state index is 5.46. The average Bonchev–Trinajstić information content (AvgIpc) is 2.47. The lowest BCUT2D eigenvalue weighted by Crippen LogP contribution is -2.42. The van der Waals surface area contributed by atoms with Crippen molar-refractivity contribution in [2.45, 2.75) is 25.3 Å². The Morgan fingerprint density at radius 2 is 2.11 bits per heavy atom. The van der Waals surface area contributed by atoms with E-state index in [0.29, 0.717) is 6.04 Å². The molecule has 19 heavy (non-hydrogen) atoms. The summed E-state index contributed by atoms with van der Waals surface area (Å²) >= 11 is 0. The lowest BCUT2D eigenvalue weighted by molar-refractivity contribution is 0.389. The van der Waals surface area contributed by atoms with Crippen molar-refractivity contribution in [1.82, 2.24) is 5.32 Å². The van der Waals surface area contributed by atoms with Crippen molar-refractivity contribution in [3.63, 3.8) is 0 Å². The van der Waals surface area contributed by atoms with Gasteiger partial charge in [0.2, 0.25) is 0 Å². The number of hydrogen-bond donors (Lipinski definition) is 1. The van der Waals surface area contributed by atoms with Crippen molar-refractivity contribution in [3.05, 3.63) is 18.2 Å². The second-order valence-electron chi connectivity index (χ2n) is 5.07. The molecule has 0 amide bonds. The lowest BCUT2D eigenvalue weighted by atomic mass is 10.0. The molecule has 0 spiro atoms. The molecule has 1 atom stereocenters. The van der Waals surface area contributed by atoms with Gasteiger partial charge >= 0.3 is 0 Å². The summed E-state index contributed by atoms with van der Waals surface area (Å²) < 4.78 is 10.7. The summed E-state index contributed by atoms with van der Waals surface area (Å²) in [4.78, 5) is 2.25. The number of methoxy groups -OCH3 is 2. The molecule has 1 aliphatic heterocycles. The molecule has 0 bridgehead atoms. The van der Waals surface area contributed by atoms with E-state index in [-0.39, 0.29) is 0 Å². The van der Waals surface area contributed by atoms with Crippen LogP contribution in [0, 0.1) is 0 Å². The van der Waals surface area contributed by atoms with Gasteiger partial charge in [-0.2, -0.15) is 0 Å². The Balaban J connectivity index is 2.06. The summed E-state index contributed by atoms with van der Waals surface area (Å²) in [5, 5.41) is 3.57. The van der Waals surface area contributed by atoms with Crippen molar-refractivity contribution in [3.8, 4) is 11.5 Å². The van der Waals surface area contributed by atoms with Crippen molar-refractivity contribution in [2.75, 3.05) is 39.3 Å². The Morgan fingerprint density at radius 3 is 2.74 bits per heavy atom. The van der Waals surface area contributed by atoms with Gasteiger partial charge < -0.3 is 19.7 Å². The minimum Gasteiger partial charge on any atom is -0.497 e. The predicted octanol–water partition coefficient (Wildman–Crippen LogP) is 2.28. The zero-order chi connectivity index (χ0) is 13.7. The standard InChI is InChI=1S/C15H24N2O2/c1-17(11-12-6-4-5-9-16-12)14-8-7-13(18-2)10-15(14)19-3/h7-8,10,12,16H,4-6,9,11H2,1-3H3. The Bertz CT molecular complexity index is 403. The number of ether oxygens (including phenoxy) is 2. The number of rotatable bonds is 5. The molecule has 4 heteroatoms. The summed E-state index contributed by atoms with van der Waals surface area (Å²) in [7, 11) is 5.48. The van der Waals surface area contributed by atoms with Gasteiger partial charge in [-0.1, -0.05) is 6.42 Å². The Kier molecular flexibility index (Phi) is 4.91. The monoisotopic (exact) mass is 264 g/mol. The second-order valence-corrected chi connectivity index (χ2v) is 5.07. The van der Waals surface area contributed by atoms with E-state index in [2.05, 4.69) is 23.3 Å². The van der Waals surface area contributed by atoms with Crippen LogP contribution in [-0.2, 0) is 0 Å². The number of hydrogen-bond acceptors (Lipinski definition) is 4. The normalized spacial score (nSPS) is 19.0. The molecule has 1 fully saturated rings. The summed E-state index contributed by atoms with van der Waals surface area (Å²) in [6.07, 6.45) is 3.88. The van der Waals surface area contributed by atoms with E-state index in [1.54, 1.807) is 14.2 Å². The summed E-state index contributed by atoms with van der Waals surface area (Å²) in [6.45, 7) is 2.14. The van der Waals surface area contributed by atoms with Gasteiger partial charge in [0.1, 0.15) is 11.5 Å². The van der Waals surface area contributed by atoms with E-state index in [4.69, 9.17) is 9.47 Å². The van der Waals surface area contributed by atoms with Gasteiger partial charge in [-0.15, -0.1) is 0 Å². The van der Waals surface area contributed by atoms with Crippen LogP contribution in [0.3, 0.4) is 0 Å². The highest BCUT2D eigenvalue weighted by Crippen LogP contribution is 2.31. The molecule has 1 aromatic carbocycles. The van der Waals surface area contributed by atoms with Crippen LogP contribution >= 0.6 is 0 Å². The third-order valence-corrected chi connectivity index (χ3v) is 3.70. The van der Waals surface area contributed by atoms with Gasteiger partial charge in [0.25, 0.3) is 0 Å². The smallest absolute Gasteiger partial charge is 0.145 e. The molecular formula is C15H24N2O2. The topological polar surface area (TPSA) is 33.7 Å². The molecule has 0 aliphatic carbocycles. The Morgan fingerprint density at radius 1 is 1.26 bits per heavy atom. The van der Waals surface area contributed by atoms with E-state index < -0.39 is 0 Å². The van der Waals surface area contributed by atoms with E-state index in [1.807, 2.05) is 12.1 Å². The fourth-order valence-electron chi connectivity index (χ4n) is 2.61. The van der Waals surface area contributed by atoms with E-state index in [0.717, 1.165) is 30.3 Å². The highest BCUT2D eigenvalue weighted by Gasteiger charge is 2.17. The molecule has 1 unspecified atom stereocenters. The minimum absolute atomic E-state index is 0.575. The third-order valence-electron chi connectivity index (χ3n) is 3.70. The first-order chi connectivity index (χ1) is 9.24. The summed E-state index contributed by atoms with van der Waals surface area (Å²) in [5.74, 6) is 1.68. The molecule has 1 N–H and O–H groups in total. The third kappa shape index (κ3) is 3.53. The van der Waals surface area contributed by atoms with Crippen LogP contribution in [0.15, 0.2) is 18.2 Å². The molecule has 0 saturated carbocycles. The molecule has 106 valence electrons. The Labute approximate surface area is 115 Å². The number of benzene rings is 1. The highest BCUT2D eigenvalue weighted by atomic mass is 16.5. The van der Waals surface area contributed by atoms with Gasteiger partial charge in [0, 0.05) is 25.7 Å². The zero-order valence-corrected chi connectivity index (χ0v) is 12.1. The molecule has 1 saturated heterocycles. The first kappa shape index (κ1) is 14.0. The van der Waals surface area contributed by atoms with E-state index in [1.165, 1.54) is 19.3 Å². The zero-order valence-electron chi connectivity index (χ0n) is 12.1. The van der Waals surface area contributed by atoms with E-state index in [9.17, 15) is 0 Å². The number of nitrogens with one attached hydrogen (secondary N) is 1. The van der Waals surface area contributed by atoms with Crippen LogP contribution in [0.4, 0.5) is 5.69 Å². The number of piperidine rings is 1. The van der Waals surface area contributed by atoms with Gasteiger partial charge in [-0.25, -0.2) is 0 Å². The SMILES string of the molecule is COc1ccc(N(C)CC2CCCCN2)c(OC)c1. The second kappa shape index (κ2) is 6.66. The summed E-state index contributed by atoms with van der Waals surface area (Å²) in [6, 6.07) is 6.54. The largest absolute Gasteiger partial charge is 0.497 e. The van der Waals surface area contributed by atoms with Crippen molar-refractivity contribution in [2.24, 2.45) is 0 Å². The minimum atomic E-state index is 0.575. The van der Waals surface area contributed by atoms with Crippen LogP contribution in [0.5, 0.6) is 11.5 Å². The van der Waals surface area contributed by atoms with Crippen LogP contribution in [-0.4, -0.2) is 40.4 Å². The highest BCUT2D eigenvalue weighted by molar-refractivity contribution is 5.60. The molecule has 1 heterocycles. The van der Waals surface area contributed by atoms with Crippen LogP contribution < -0.4 is 19.7 Å². The van der Waals surface area contributed by atoms with Gasteiger partial charge in [-0.3, -0.25) is 0 Å². The number of nitrogens with zero attached hydrogens (tertiary/aromatic N) is 1.